The molecule has 0 saturated carbocycles. The summed E-state index contributed by atoms with van der Waals surface area (Å²) in [7, 11) is 0. The van der Waals surface area contributed by atoms with Crippen LogP contribution in [0.25, 0.3) is 11.2 Å². The molecular formula is C24H25N5O6. The van der Waals surface area contributed by atoms with Gasteiger partial charge in [-0.25, -0.2) is 9.78 Å². The van der Waals surface area contributed by atoms with Crippen molar-refractivity contribution in [1.29, 1.82) is 0 Å². The van der Waals surface area contributed by atoms with Gasteiger partial charge in [0.25, 0.3) is 5.56 Å². The summed E-state index contributed by atoms with van der Waals surface area (Å²) in [6, 6.07) is 15.7. The molecule has 5 N–H and O–H groups in total. The lowest BCUT2D eigenvalue weighted by molar-refractivity contribution is -0.0221. The number of ether oxygens (including phenoxy) is 2. The Morgan fingerprint density at radius 1 is 1.09 bits per heavy atom. The first-order valence-corrected chi connectivity index (χ1v) is 10.9. The van der Waals surface area contributed by atoms with Crippen LogP contribution in [0.1, 0.15) is 16.8 Å². The summed E-state index contributed by atoms with van der Waals surface area (Å²) >= 11 is 0. The number of hydrogen-bond acceptors (Lipinski definition) is 9. The van der Waals surface area contributed by atoms with Gasteiger partial charge < -0.3 is 30.0 Å². The van der Waals surface area contributed by atoms with Gasteiger partial charge in [-0.05, 0) is 36.8 Å². The van der Waals surface area contributed by atoms with Crippen LogP contribution in [0.2, 0.25) is 0 Å². The molecule has 2 aromatic carbocycles. The molecule has 2 heterocycles. The van der Waals surface area contributed by atoms with Gasteiger partial charge in [0.05, 0.1) is 30.5 Å². The van der Waals surface area contributed by atoms with Crippen molar-refractivity contribution in [3.63, 3.8) is 0 Å². The minimum Gasteiger partial charge on any atom is -0.461 e. The number of nitrogens with zero attached hydrogens (tertiary/aromatic N) is 3. The number of aromatic nitrogens is 4. The van der Waals surface area contributed by atoms with Gasteiger partial charge in [0.2, 0.25) is 5.95 Å². The number of hydrogen-bond donors (Lipinski definition) is 4. The van der Waals surface area contributed by atoms with Crippen molar-refractivity contribution >= 4 is 23.1 Å². The molecule has 2 aromatic heterocycles. The molecule has 35 heavy (non-hydrogen) atoms. The maximum atomic E-state index is 12.7. The zero-order valence-electron chi connectivity index (χ0n) is 18.8. The fourth-order valence-electron chi connectivity index (χ4n) is 3.48. The Bertz CT molecular complexity index is 1360. The maximum Gasteiger partial charge on any atom is 0.338 e. The molecule has 182 valence electrons. The zero-order chi connectivity index (χ0) is 24.8. The molecule has 0 fully saturated rings. The molecule has 11 nitrogen and oxygen atoms in total. The lowest BCUT2D eigenvalue weighted by Gasteiger charge is -2.29. The third-order valence-corrected chi connectivity index (χ3v) is 5.61. The Morgan fingerprint density at radius 2 is 1.83 bits per heavy atom. The van der Waals surface area contributed by atoms with Crippen LogP contribution in [0.3, 0.4) is 0 Å². The summed E-state index contributed by atoms with van der Waals surface area (Å²) in [5, 5.41) is 20.0. The van der Waals surface area contributed by atoms with Crippen molar-refractivity contribution in [2.75, 3.05) is 25.6 Å². The highest BCUT2D eigenvalue weighted by molar-refractivity contribution is 5.89. The highest BCUT2D eigenvalue weighted by atomic mass is 16.5. The van der Waals surface area contributed by atoms with Crippen molar-refractivity contribution in [2.24, 2.45) is 5.41 Å². The SMILES string of the molecule is Nc1nc2c(ncn2CCC(CO)(CO)COC(=O)c2cccc(Oc3ccccc3)c2)c(=O)[nH]1. The van der Waals surface area contributed by atoms with E-state index in [-0.39, 0.29) is 42.2 Å². The van der Waals surface area contributed by atoms with E-state index in [1.165, 1.54) is 6.33 Å². The number of fused-ring (bicyclic) bond motifs is 1. The number of nitrogen functional groups attached to an aromatic ring is 1. The molecule has 0 radical (unpaired) electrons. The quantitative estimate of drug-likeness (QED) is 0.248. The molecule has 0 aliphatic rings. The molecule has 0 saturated heterocycles. The van der Waals surface area contributed by atoms with E-state index in [2.05, 4.69) is 15.0 Å². The zero-order valence-corrected chi connectivity index (χ0v) is 18.8. The monoisotopic (exact) mass is 479 g/mol. The topological polar surface area (TPSA) is 166 Å². The van der Waals surface area contributed by atoms with Gasteiger partial charge in [0.1, 0.15) is 18.1 Å². The molecule has 11 heteroatoms. The summed E-state index contributed by atoms with van der Waals surface area (Å²) in [6.07, 6.45) is 1.64. The van der Waals surface area contributed by atoms with Gasteiger partial charge in [-0.3, -0.25) is 9.78 Å². The molecular weight excluding hydrogens is 454 g/mol. The first-order valence-electron chi connectivity index (χ1n) is 10.9. The average molecular weight is 479 g/mol. The van der Waals surface area contributed by atoms with E-state index in [0.717, 1.165) is 0 Å². The van der Waals surface area contributed by atoms with Crippen LogP contribution in [0.5, 0.6) is 11.5 Å². The van der Waals surface area contributed by atoms with Crippen LogP contribution in [0, 0.1) is 5.41 Å². The number of aliphatic hydroxyl groups excluding tert-OH is 2. The van der Waals surface area contributed by atoms with Crippen molar-refractivity contribution < 1.29 is 24.5 Å². The number of aliphatic hydroxyl groups is 2. The predicted octanol–water partition coefficient (Wildman–Crippen LogP) is 1.71. The molecule has 0 aliphatic carbocycles. The Hall–Kier alpha value is -4.22. The van der Waals surface area contributed by atoms with Crippen molar-refractivity contribution in [2.45, 2.75) is 13.0 Å². The fraction of sp³-hybridized carbons (Fsp3) is 0.250. The number of benzene rings is 2. The van der Waals surface area contributed by atoms with Crippen LogP contribution >= 0.6 is 0 Å². The standard InChI is InChI=1S/C24H25N5O6/c25-23-27-20-19(21(32)28-23)26-15-29(20)10-9-24(12-30,13-31)14-34-22(33)16-5-4-8-18(11-16)35-17-6-2-1-3-7-17/h1-8,11,15,30-31H,9-10,12-14H2,(H3,25,27,28,32). The van der Waals surface area contributed by atoms with Gasteiger partial charge in [0.15, 0.2) is 11.2 Å². The van der Waals surface area contributed by atoms with Crippen molar-refractivity contribution in [3.8, 4) is 11.5 Å². The number of nitrogens with two attached hydrogens (primary N) is 1. The van der Waals surface area contributed by atoms with Crippen LogP contribution in [-0.4, -0.2) is 55.5 Å². The van der Waals surface area contributed by atoms with E-state index >= 15 is 0 Å². The second-order valence-electron chi connectivity index (χ2n) is 8.15. The molecule has 0 bridgehead atoms. The third-order valence-electron chi connectivity index (χ3n) is 5.61. The molecule has 0 aliphatic heterocycles. The largest absolute Gasteiger partial charge is 0.461 e. The van der Waals surface area contributed by atoms with Crippen LogP contribution in [0.4, 0.5) is 5.95 Å². The molecule has 0 unspecified atom stereocenters. The smallest absolute Gasteiger partial charge is 0.338 e. The van der Waals surface area contributed by atoms with Gasteiger partial charge in [-0.2, -0.15) is 4.98 Å². The molecule has 0 amide bonds. The van der Waals surface area contributed by atoms with E-state index in [1.54, 1.807) is 41.0 Å². The second-order valence-corrected chi connectivity index (χ2v) is 8.15. The number of H-pyrrole nitrogens is 1. The first kappa shape index (κ1) is 23.9. The number of para-hydroxylation sites is 1. The highest BCUT2D eigenvalue weighted by Crippen LogP contribution is 2.26. The minimum absolute atomic E-state index is 0.0489. The number of anilines is 1. The van der Waals surface area contributed by atoms with Crippen molar-refractivity contribution in [3.05, 3.63) is 76.8 Å². The third kappa shape index (κ3) is 5.48. The van der Waals surface area contributed by atoms with Crippen LogP contribution < -0.4 is 16.0 Å². The van der Waals surface area contributed by atoms with E-state index in [1.807, 2.05) is 18.2 Å². The van der Waals surface area contributed by atoms with Crippen LogP contribution in [0.15, 0.2) is 65.7 Å². The Balaban J connectivity index is 1.42. The lowest BCUT2D eigenvalue weighted by atomic mass is 9.87. The number of aryl methyl sites for hydroxylation is 1. The van der Waals surface area contributed by atoms with E-state index in [0.29, 0.717) is 11.5 Å². The summed E-state index contributed by atoms with van der Waals surface area (Å²) in [4.78, 5) is 35.2. The van der Waals surface area contributed by atoms with Gasteiger partial charge in [-0.1, -0.05) is 24.3 Å². The number of rotatable bonds is 10. The number of aromatic amines is 1. The molecule has 0 spiro atoms. The van der Waals surface area contributed by atoms with E-state index in [4.69, 9.17) is 15.2 Å². The maximum absolute atomic E-state index is 12.7. The second kappa shape index (κ2) is 10.4. The summed E-state index contributed by atoms with van der Waals surface area (Å²) in [5.41, 5.74) is 4.71. The predicted molar refractivity (Wildman–Crippen MR) is 127 cm³/mol. The number of carbonyl (C=O) groups is 1. The Morgan fingerprint density at radius 3 is 2.57 bits per heavy atom. The fourth-order valence-corrected chi connectivity index (χ4v) is 3.48. The highest BCUT2D eigenvalue weighted by Gasteiger charge is 2.31. The lowest BCUT2D eigenvalue weighted by Crippen LogP contribution is -2.37. The van der Waals surface area contributed by atoms with Gasteiger partial charge in [-0.15, -0.1) is 0 Å². The van der Waals surface area contributed by atoms with Crippen molar-refractivity contribution in [1.82, 2.24) is 19.5 Å². The number of imidazole rings is 1. The number of carbonyl (C=O) groups excluding carboxylic acids is 1. The Kier molecular flexibility index (Phi) is 7.09. The van der Waals surface area contributed by atoms with E-state index in [9.17, 15) is 19.8 Å². The molecule has 4 aromatic rings. The van der Waals surface area contributed by atoms with Gasteiger partial charge in [0, 0.05) is 6.54 Å². The minimum atomic E-state index is -1.13. The van der Waals surface area contributed by atoms with Gasteiger partial charge >= 0.3 is 5.97 Å². The average Bonchev–Trinajstić information content (AvgIpc) is 3.28. The summed E-state index contributed by atoms with van der Waals surface area (Å²) < 4.78 is 12.8. The molecule has 4 rings (SSSR count). The normalized spacial score (nSPS) is 11.5. The van der Waals surface area contributed by atoms with Crippen LogP contribution in [-0.2, 0) is 11.3 Å². The Labute approximate surface area is 199 Å². The summed E-state index contributed by atoms with van der Waals surface area (Å²) in [5.74, 6) is 0.425. The van der Waals surface area contributed by atoms with E-state index < -0.39 is 30.2 Å². The number of nitrogens with one attached hydrogen (secondary N) is 1. The first-order chi connectivity index (χ1) is 16.9. The number of esters is 1. The summed E-state index contributed by atoms with van der Waals surface area (Å²) in [6.45, 7) is -0.857. The molecule has 0 atom stereocenters.